The molecule has 0 N–H and O–H groups in total. The third kappa shape index (κ3) is 4.33. The second-order valence-electron chi connectivity index (χ2n) is 11.1. The Hall–Kier alpha value is -6.44. The Bertz CT molecular complexity index is 4020. The quantitative estimate of drug-likeness (QED) is 0.137. The third-order valence-electron chi connectivity index (χ3n) is 8.52. The molecule has 0 spiro atoms. The molecule has 0 aliphatic heterocycles. The molecular weight excluding hydrogens is 593 g/mol. The van der Waals surface area contributed by atoms with Crippen LogP contribution in [0.4, 0.5) is 0 Å². The Kier molecular flexibility index (Phi) is 3.07. The summed E-state index contributed by atoms with van der Waals surface area (Å²) in [6.07, 6.45) is 0. The predicted molar refractivity (Wildman–Crippen MR) is 208 cm³/mol. The molecule has 10 aromatic rings. The summed E-state index contributed by atoms with van der Waals surface area (Å²) in [6, 6.07) is -4.37. The van der Waals surface area contributed by atoms with E-state index in [9.17, 15) is 9.60 Å². The fraction of sp³-hybridized carbons (Fsp3) is 0. The summed E-state index contributed by atoms with van der Waals surface area (Å²) in [4.78, 5) is 0. The summed E-state index contributed by atoms with van der Waals surface area (Å²) in [7, 11) is 0. The van der Waals surface area contributed by atoms with Crippen LogP contribution in [-0.4, -0.2) is 0 Å². The lowest BCUT2D eigenvalue weighted by molar-refractivity contribution is 0.633. The van der Waals surface area contributed by atoms with Gasteiger partial charge in [0.25, 0.3) is 0 Å². The zero-order valence-electron chi connectivity index (χ0n) is 47.0. The molecule has 0 atom stereocenters. The van der Waals surface area contributed by atoms with Gasteiger partial charge in [-0.15, -0.1) is 0 Å². The average Bonchev–Trinajstić information content (AvgIpc) is 3.73. The van der Waals surface area contributed by atoms with Crippen molar-refractivity contribution in [1.82, 2.24) is 0 Å². The van der Waals surface area contributed by atoms with Gasteiger partial charge >= 0.3 is 0 Å². The fourth-order valence-electron chi connectivity index (χ4n) is 6.47. The molecule has 0 amide bonds. The van der Waals surface area contributed by atoms with Crippen LogP contribution in [0.3, 0.4) is 0 Å². The number of hydrogen-bond acceptors (Lipinski definition) is 1. The smallest absolute Gasteiger partial charge is 0.143 e. The summed E-state index contributed by atoms with van der Waals surface area (Å²) < 4.78 is 206. The summed E-state index contributed by atoms with van der Waals surface area (Å²) in [5.74, 6) is -0.488. The maximum absolute atomic E-state index is 9.67. The molecule has 0 saturated heterocycles. The summed E-state index contributed by atoms with van der Waals surface area (Å²) >= 11 is 0. The molecule has 1 heterocycles. The van der Waals surface area contributed by atoms with E-state index in [0.29, 0.717) is 11.1 Å². The normalized spacial score (nSPS) is 18.0. The van der Waals surface area contributed by atoms with Crippen LogP contribution in [0.5, 0.6) is 0 Å². The van der Waals surface area contributed by atoms with Crippen LogP contribution in [0.15, 0.2) is 186 Å². The van der Waals surface area contributed by atoms with Crippen LogP contribution in [0.25, 0.3) is 98.8 Å². The van der Waals surface area contributed by atoms with Crippen LogP contribution >= 0.6 is 0 Å². The Labute approximate surface area is 315 Å². The van der Waals surface area contributed by atoms with E-state index in [1.54, 1.807) is 42.5 Å². The van der Waals surface area contributed by atoms with Crippen molar-refractivity contribution in [2.45, 2.75) is 0 Å². The lowest BCUT2D eigenvalue weighted by Gasteiger charge is -2.18. The minimum atomic E-state index is -0.870. The summed E-state index contributed by atoms with van der Waals surface area (Å²) in [5, 5.41) is -3.87. The molecule has 0 fully saturated rings. The van der Waals surface area contributed by atoms with Crippen LogP contribution < -0.4 is 0 Å². The van der Waals surface area contributed by atoms with Gasteiger partial charge in [0.2, 0.25) is 0 Å². The summed E-state index contributed by atoms with van der Waals surface area (Å²) in [5.41, 5.74) is -1.27. The highest BCUT2D eigenvalue weighted by Gasteiger charge is 2.25. The maximum Gasteiger partial charge on any atom is 0.143 e. The molecule has 1 heteroatoms. The zero-order valence-corrected chi connectivity index (χ0v) is 25.0. The molecule has 228 valence electrons. The molecule has 9 aromatic carbocycles. The number of fused-ring (bicyclic) bond motifs is 6. The van der Waals surface area contributed by atoms with Crippen molar-refractivity contribution in [2.24, 2.45) is 0 Å². The largest absolute Gasteiger partial charge is 0.455 e. The highest BCUT2D eigenvalue weighted by molar-refractivity contribution is 6.26. The molecular formula is C48H30O. The molecule has 0 radical (unpaired) electrons. The van der Waals surface area contributed by atoms with E-state index in [0.717, 1.165) is 0 Å². The van der Waals surface area contributed by atoms with Crippen LogP contribution in [-0.2, 0) is 0 Å². The second kappa shape index (κ2) is 11.1. The van der Waals surface area contributed by atoms with Gasteiger partial charge < -0.3 is 4.42 Å². The van der Waals surface area contributed by atoms with Crippen molar-refractivity contribution in [3.05, 3.63) is 181 Å². The van der Waals surface area contributed by atoms with Gasteiger partial charge in [-0.1, -0.05) is 169 Å². The Morgan fingerprint density at radius 1 is 0.388 bits per heavy atom. The molecule has 0 aliphatic rings. The number of benzene rings is 9. The molecule has 0 bridgehead atoms. The average molecular weight is 645 g/mol. The molecule has 1 nitrogen and oxygen atoms in total. The SMILES string of the molecule is [2H]c1c([2H])c([2H])c(-c2c3c([2H])c([2H])c([2H])c([2H])c3c(-c3c(-c4c([2H])c([2H])c([2H])c5c([2H])c([2H])c6c([2H])c([2H])c([2H])c([2H])c6c45)oc4ccc(-c5ccccc5)cc34)c3c([2H])c([2H])c([2H])c([2H])c23)c([2H])c1[2H]. The van der Waals surface area contributed by atoms with Crippen LogP contribution in [0.1, 0.15) is 30.2 Å². The van der Waals surface area contributed by atoms with E-state index in [1.165, 1.54) is 6.07 Å². The minimum Gasteiger partial charge on any atom is -0.455 e. The van der Waals surface area contributed by atoms with E-state index < -0.39 is 204 Å². The van der Waals surface area contributed by atoms with Gasteiger partial charge in [0.1, 0.15) is 11.3 Å². The highest BCUT2D eigenvalue weighted by Crippen LogP contribution is 2.51. The number of rotatable bonds is 4. The van der Waals surface area contributed by atoms with Crippen LogP contribution in [0, 0.1) is 0 Å². The monoisotopic (exact) mass is 644 g/mol. The van der Waals surface area contributed by atoms with E-state index in [2.05, 4.69) is 0 Å². The highest BCUT2D eigenvalue weighted by atomic mass is 16.3. The maximum atomic E-state index is 9.67. The van der Waals surface area contributed by atoms with Gasteiger partial charge in [0.05, 0.1) is 30.2 Å². The van der Waals surface area contributed by atoms with Crippen molar-refractivity contribution in [1.29, 1.82) is 0 Å². The zero-order chi connectivity index (χ0) is 51.5. The Morgan fingerprint density at radius 2 is 1.00 bits per heavy atom. The predicted octanol–water partition coefficient (Wildman–Crippen LogP) is 13.7. The van der Waals surface area contributed by atoms with E-state index in [1.807, 2.05) is 0 Å². The van der Waals surface area contributed by atoms with E-state index in [4.69, 9.17) is 25.0 Å². The first-order valence-corrected chi connectivity index (χ1v) is 15.1. The summed E-state index contributed by atoms with van der Waals surface area (Å²) in [6.45, 7) is 0. The lowest BCUT2D eigenvalue weighted by Crippen LogP contribution is -1.92. The van der Waals surface area contributed by atoms with Crippen LogP contribution in [0.2, 0.25) is 0 Å². The third-order valence-corrected chi connectivity index (χ3v) is 8.52. The first kappa shape index (κ1) is 13.6. The van der Waals surface area contributed by atoms with Crippen molar-refractivity contribution < 1.29 is 34.6 Å². The van der Waals surface area contributed by atoms with Crippen molar-refractivity contribution in [2.75, 3.05) is 0 Å². The van der Waals surface area contributed by atoms with Gasteiger partial charge in [-0.2, -0.15) is 0 Å². The second-order valence-corrected chi connectivity index (χ2v) is 11.1. The van der Waals surface area contributed by atoms with Gasteiger partial charge in [0, 0.05) is 27.5 Å². The topological polar surface area (TPSA) is 13.1 Å². The Balaban J connectivity index is 1.59. The standard InChI is InChI=1S/C48H30O/c1-3-14-31(15-4-1)35-28-29-43-42(30-35)47(48(49-43)41-25-13-19-34-27-26-32-16-7-8-20-36(32)44(34)41)46-39-23-11-9-21-37(39)45(33-17-5-2-6-18-33)38-22-10-12-24-40(38)46/h1-30H/i2D,5D,6D,7D,8D,9D,10D,11D,12D,13D,16D,17D,18D,19D,20D,21D,22D,23D,24D,25D,26D,27D. The Morgan fingerprint density at radius 3 is 1.73 bits per heavy atom. The van der Waals surface area contributed by atoms with Crippen molar-refractivity contribution >= 4 is 54.1 Å². The van der Waals surface area contributed by atoms with Crippen molar-refractivity contribution in [3.8, 4) is 44.7 Å². The van der Waals surface area contributed by atoms with E-state index >= 15 is 0 Å². The number of furan rings is 1. The fourth-order valence-corrected chi connectivity index (χ4v) is 6.47. The van der Waals surface area contributed by atoms with Gasteiger partial charge in [-0.25, -0.2) is 0 Å². The molecule has 0 saturated carbocycles. The molecule has 0 unspecified atom stereocenters. The molecule has 1 aromatic heterocycles. The molecule has 10 rings (SSSR count). The van der Waals surface area contributed by atoms with Crippen molar-refractivity contribution in [3.63, 3.8) is 0 Å². The number of hydrogen-bond donors (Lipinski definition) is 0. The van der Waals surface area contributed by atoms with Gasteiger partial charge in [-0.3, -0.25) is 0 Å². The van der Waals surface area contributed by atoms with Gasteiger partial charge in [-0.05, 0) is 72.1 Å². The van der Waals surface area contributed by atoms with Gasteiger partial charge in [0.15, 0.2) is 0 Å². The first-order chi connectivity index (χ1) is 33.5. The lowest BCUT2D eigenvalue weighted by atomic mass is 9.84. The molecule has 0 aliphatic carbocycles. The van der Waals surface area contributed by atoms with E-state index in [-0.39, 0.29) is 16.5 Å². The minimum absolute atomic E-state index is 0.0317. The molecule has 49 heavy (non-hydrogen) atoms. The first-order valence-electron chi connectivity index (χ1n) is 26.1.